The fraction of sp³-hybridized carbons (Fsp3) is 0.750. The van der Waals surface area contributed by atoms with Gasteiger partial charge in [-0.3, -0.25) is 13.8 Å². The fourth-order valence-electron chi connectivity index (χ4n) is 1.25. The van der Waals surface area contributed by atoms with Crippen molar-refractivity contribution in [2.75, 3.05) is 19.8 Å². The molecule has 0 aromatic carbocycles. The maximum Gasteiger partial charge on any atom is 0.472 e. The van der Waals surface area contributed by atoms with Crippen LogP contribution in [0.2, 0.25) is 0 Å². The summed E-state index contributed by atoms with van der Waals surface area (Å²) in [4.78, 5) is 31.5. The van der Waals surface area contributed by atoms with Gasteiger partial charge in [0.2, 0.25) is 5.91 Å². The van der Waals surface area contributed by atoms with Crippen LogP contribution < -0.4 is 10.6 Å². The van der Waals surface area contributed by atoms with Crippen LogP contribution in [-0.4, -0.2) is 43.0 Å². The molecule has 2 unspecified atom stereocenters. The maximum absolute atomic E-state index is 11.8. The molecular formula is C12H23N2O6PUV-2. The van der Waals surface area contributed by atoms with E-state index >= 15 is 0 Å². The van der Waals surface area contributed by atoms with Crippen LogP contribution in [0.5, 0.6) is 0 Å². The van der Waals surface area contributed by atoms with E-state index in [0.29, 0.717) is 18.9 Å². The van der Waals surface area contributed by atoms with Crippen molar-refractivity contribution >= 4 is 20.1 Å². The van der Waals surface area contributed by atoms with Crippen molar-refractivity contribution in [2.24, 2.45) is 5.92 Å². The molecule has 0 fully saturated rings. The summed E-state index contributed by atoms with van der Waals surface area (Å²) in [7, 11) is -4.26. The molecule has 2 amide bonds. The molecule has 0 bridgehead atoms. The smallest absolute Gasteiger partial charge is 0.472 e. The van der Waals surface area contributed by atoms with Gasteiger partial charge in [-0.1, -0.05) is 13.8 Å². The Bertz CT molecular complexity index is 375. The molecule has 0 heterocycles. The van der Waals surface area contributed by atoms with Crippen LogP contribution in [0.1, 0.15) is 26.7 Å². The number of phosphoric ester groups is 1. The zero-order chi connectivity index (χ0) is 16.3. The van der Waals surface area contributed by atoms with Crippen molar-refractivity contribution in [3.8, 4) is 0 Å². The third kappa shape index (κ3) is 15.9. The average Bonchev–Trinajstić information content (AvgIpc) is 2.40. The minimum Gasteiger partial charge on any atom is -0.520 e. The summed E-state index contributed by atoms with van der Waals surface area (Å²) in [6, 6.07) is -1.11. The predicted octanol–water partition coefficient (Wildman–Crippen LogP) is 0.529. The van der Waals surface area contributed by atoms with Gasteiger partial charge in [-0.15, -0.1) is 0 Å². The van der Waals surface area contributed by atoms with Gasteiger partial charge in [-0.05, 0) is 12.3 Å². The first kappa shape index (κ1) is 28.5. The van der Waals surface area contributed by atoms with Gasteiger partial charge in [0, 0.05) is 62.8 Å². The number of carbonyl (C=O) groups is 1. The Morgan fingerprint density at radius 3 is 2.48 bits per heavy atom. The molecule has 0 aliphatic rings. The molecule has 0 aliphatic carbocycles. The van der Waals surface area contributed by atoms with Gasteiger partial charge in [-0.25, -0.2) is 4.57 Å². The van der Waals surface area contributed by atoms with Gasteiger partial charge in [0.15, 0.2) is 0 Å². The van der Waals surface area contributed by atoms with Crippen molar-refractivity contribution in [2.45, 2.75) is 32.7 Å². The van der Waals surface area contributed by atoms with Crippen LogP contribution in [0.15, 0.2) is 0 Å². The summed E-state index contributed by atoms with van der Waals surface area (Å²) in [5.41, 5.74) is 0. The maximum atomic E-state index is 11.8. The van der Waals surface area contributed by atoms with Crippen molar-refractivity contribution in [3.05, 3.63) is 6.92 Å². The Labute approximate surface area is 173 Å². The van der Waals surface area contributed by atoms with Gasteiger partial charge >= 0.3 is 7.82 Å². The Kier molecular flexibility index (Phi) is 20.0. The van der Waals surface area contributed by atoms with E-state index < -0.39 is 26.4 Å². The van der Waals surface area contributed by atoms with Gasteiger partial charge in [0.05, 0.1) is 6.61 Å². The first-order chi connectivity index (χ1) is 9.82. The van der Waals surface area contributed by atoms with E-state index in [1.54, 1.807) is 0 Å². The second-order valence-electron chi connectivity index (χ2n) is 4.72. The second kappa shape index (κ2) is 16.2. The van der Waals surface area contributed by atoms with Crippen LogP contribution >= 0.6 is 7.82 Å². The van der Waals surface area contributed by atoms with Crippen LogP contribution in [0.4, 0.5) is 0 Å². The first-order valence-corrected chi connectivity index (χ1v) is 8.13. The van der Waals surface area contributed by atoms with Gasteiger partial charge in [0.25, 0.3) is 0 Å². The first-order valence-electron chi connectivity index (χ1n) is 6.64. The molecule has 133 valence electrons. The molecule has 23 heavy (non-hydrogen) atoms. The van der Waals surface area contributed by atoms with Gasteiger partial charge in [-0.2, -0.15) is 12.8 Å². The molecule has 0 saturated carbocycles. The summed E-state index contributed by atoms with van der Waals surface area (Å²) in [5, 5.41) is 4.70. The molecule has 0 rings (SSSR count). The van der Waals surface area contributed by atoms with E-state index in [9.17, 15) is 19.0 Å². The molecule has 0 aromatic rings. The SMILES string of the molecule is [CH2-]CCOP(=O)(O)OCC(N[C-]=O)C(=O)NCCC(C)C.[U].[V]. The molecule has 11 heteroatoms. The predicted molar refractivity (Wildman–Crippen MR) is 76.8 cm³/mol. The summed E-state index contributed by atoms with van der Waals surface area (Å²) >= 11 is 0. The molecule has 0 saturated heterocycles. The van der Waals surface area contributed by atoms with E-state index in [2.05, 4.69) is 26.6 Å². The van der Waals surface area contributed by atoms with E-state index in [-0.39, 0.29) is 56.3 Å². The zero-order valence-corrected chi connectivity index (χ0v) is 19.7. The number of nitrogens with one attached hydrogen (secondary N) is 2. The van der Waals surface area contributed by atoms with Gasteiger partial charge < -0.3 is 27.2 Å². The standard InChI is InChI=1S/C12H23N2O6P.U.V/c1-4-7-19-21(17,18)20-8-11(14-9-15)12(16)13-6-5-10(2)3;;/h10-11H,1,4-8H2,2-3H3,(H,13,16)(H,14,15)(H,17,18);;/q-2;;. The normalized spacial score (nSPS) is 14.0. The van der Waals surface area contributed by atoms with Crippen LogP contribution in [0.3, 0.4) is 0 Å². The third-order valence-electron chi connectivity index (χ3n) is 2.37. The summed E-state index contributed by atoms with van der Waals surface area (Å²) in [5.74, 6) is -0.101. The number of hydrogen-bond donors (Lipinski definition) is 3. The topological polar surface area (TPSA) is 114 Å². The molecule has 0 aliphatic heterocycles. The summed E-state index contributed by atoms with van der Waals surface area (Å²) < 4.78 is 20.7. The van der Waals surface area contributed by atoms with Crippen LogP contribution in [0.25, 0.3) is 0 Å². The molecule has 2 atom stereocenters. The van der Waals surface area contributed by atoms with Crippen LogP contribution in [-0.2, 0) is 41.8 Å². The monoisotopic (exact) mass is 611 g/mol. The van der Waals surface area contributed by atoms with E-state index in [1.165, 1.54) is 6.41 Å². The average molecular weight is 611 g/mol. The Morgan fingerprint density at radius 1 is 1.39 bits per heavy atom. The Balaban J connectivity index is -0.00000200. The summed E-state index contributed by atoms with van der Waals surface area (Å²) in [6.45, 7) is 7.35. The number of rotatable bonds is 12. The molecule has 3 N–H and O–H groups in total. The molecule has 0 aromatic heterocycles. The molecule has 1 radical (unpaired) electrons. The van der Waals surface area contributed by atoms with Crippen molar-refractivity contribution in [1.29, 1.82) is 0 Å². The van der Waals surface area contributed by atoms with Crippen molar-refractivity contribution in [3.63, 3.8) is 0 Å². The number of phosphoric acid groups is 1. The quantitative estimate of drug-likeness (QED) is 0.169. The Morgan fingerprint density at radius 2 is 2.00 bits per heavy atom. The van der Waals surface area contributed by atoms with Crippen molar-refractivity contribution < 1.29 is 77.8 Å². The molecule has 0 spiro atoms. The van der Waals surface area contributed by atoms with Crippen LogP contribution in [0, 0.1) is 44.0 Å². The Hall–Kier alpha value is 0.686. The number of carbonyl (C=O) groups excluding carboxylic acids is 2. The minimum absolute atomic E-state index is 0. The largest absolute Gasteiger partial charge is 0.520 e. The molecular weight excluding hydrogens is 588 g/mol. The fourth-order valence-corrected chi connectivity index (χ4v) is 2.02. The second-order valence-corrected chi connectivity index (χ2v) is 6.18. The number of amides is 2. The molecule has 8 nitrogen and oxygen atoms in total. The van der Waals surface area contributed by atoms with E-state index in [1.807, 2.05) is 13.8 Å². The summed E-state index contributed by atoms with van der Waals surface area (Å²) in [6.07, 6.45) is 2.44. The van der Waals surface area contributed by atoms with Gasteiger partial charge in [0.1, 0.15) is 6.04 Å². The minimum atomic E-state index is -4.26. The van der Waals surface area contributed by atoms with Crippen molar-refractivity contribution in [1.82, 2.24) is 10.6 Å². The third-order valence-corrected chi connectivity index (χ3v) is 3.36. The zero-order valence-electron chi connectivity index (χ0n) is 13.3. The van der Waals surface area contributed by atoms with E-state index in [0.717, 1.165) is 6.42 Å². The van der Waals surface area contributed by atoms with E-state index in [4.69, 9.17) is 0 Å². The number of hydrogen-bond acceptors (Lipinski definition) is 5.